The van der Waals surface area contributed by atoms with E-state index in [4.69, 9.17) is 4.74 Å². The SMILES string of the molecule is CSC1COC1. The third-order valence-corrected chi connectivity index (χ3v) is 1.88. The standard InChI is InChI=1S/C4H8OS/c1-6-4-2-5-3-4/h4H,2-3H2,1H3. The number of hydrogen-bond acceptors (Lipinski definition) is 2. The van der Waals surface area contributed by atoms with E-state index in [1.807, 2.05) is 11.8 Å². The van der Waals surface area contributed by atoms with Crippen molar-refractivity contribution in [3.05, 3.63) is 0 Å². The van der Waals surface area contributed by atoms with Crippen molar-refractivity contribution < 1.29 is 4.74 Å². The third kappa shape index (κ3) is 0.684. The average molecular weight is 104 g/mol. The molecule has 1 aliphatic rings. The molecule has 1 fully saturated rings. The van der Waals surface area contributed by atoms with Crippen LogP contribution >= 0.6 is 11.8 Å². The number of rotatable bonds is 1. The Balaban J connectivity index is 2.01. The number of thioether (sulfide) groups is 1. The van der Waals surface area contributed by atoms with Gasteiger partial charge in [0.25, 0.3) is 0 Å². The van der Waals surface area contributed by atoms with E-state index < -0.39 is 0 Å². The van der Waals surface area contributed by atoms with E-state index in [2.05, 4.69) is 6.26 Å². The van der Waals surface area contributed by atoms with Gasteiger partial charge in [0.05, 0.1) is 18.5 Å². The summed E-state index contributed by atoms with van der Waals surface area (Å²) in [4.78, 5) is 0. The molecule has 0 unspecified atom stereocenters. The van der Waals surface area contributed by atoms with Gasteiger partial charge in [-0.05, 0) is 6.26 Å². The number of ether oxygens (including phenoxy) is 1. The Kier molecular flexibility index (Phi) is 1.37. The Bertz CT molecular complexity index is 40.1. The van der Waals surface area contributed by atoms with Crippen molar-refractivity contribution in [1.29, 1.82) is 0 Å². The monoisotopic (exact) mass is 104 g/mol. The van der Waals surface area contributed by atoms with E-state index in [-0.39, 0.29) is 0 Å². The van der Waals surface area contributed by atoms with E-state index in [0.29, 0.717) is 0 Å². The molecule has 0 aliphatic carbocycles. The van der Waals surface area contributed by atoms with E-state index in [1.165, 1.54) is 0 Å². The van der Waals surface area contributed by atoms with Crippen molar-refractivity contribution in [2.75, 3.05) is 19.5 Å². The molecule has 2 heteroatoms. The zero-order valence-corrected chi connectivity index (χ0v) is 4.62. The maximum atomic E-state index is 4.90. The first-order chi connectivity index (χ1) is 2.93. The Morgan fingerprint density at radius 2 is 2.33 bits per heavy atom. The van der Waals surface area contributed by atoms with E-state index in [9.17, 15) is 0 Å². The molecule has 0 bridgehead atoms. The van der Waals surface area contributed by atoms with Crippen molar-refractivity contribution >= 4 is 11.8 Å². The third-order valence-electron chi connectivity index (χ3n) is 0.941. The summed E-state index contributed by atoms with van der Waals surface area (Å²) < 4.78 is 4.90. The predicted molar refractivity (Wildman–Crippen MR) is 28.1 cm³/mol. The minimum atomic E-state index is 0.810. The summed E-state index contributed by atoms with van der Waals surface area (Å²) in [5.74, 6) is 0. The summed E-state index contributed by atoms with van der Waals surface area (Å²) in [6.07, 6.45) is 2.12. The molecule has 0 N–H and O–H groups in total. The lowest BCUT2D eigenvalue weighted by Crippen LogP contribution is -2.29. The summed E-state index contributed by atoms with van der Waals surface area (Å²) in [5, 5.41) is 0.810. The summed E-state index contributed by atoms with van der Waals surface area (Å²) in [7, 11) is 0. The van der Waals surface area contributed by atoms with Gasteiger partial charge in [-0.1, -0.05) is 0 Å². The lowest BCUT2D eigenvalue weighted by Gasteiger charge is -2.23. The van der Waals surface area contributed by atoms with E-state index in [1.54, 1.807) is 0 Å². The molecule has 1 rings (SSSR count). The topological polar surface area (TPSA) is 9.23 Å². The van der Waals surface area contributed by atoms with Gasteiger partial charge in [0.1, 0.15) is 0 Å². The first-order valence-corrected chi connectivity index (χ1v) is 3.33. The largest absolute Gasteiger partial charge is 0.379 e. The minimum Gasteiger partial charge on any atom is -0.379 e. The molecule has 1 nitrogen and oxygen atoms in total. The highest BCUT2D eigenvalue weighted by atomic mass is 32.2. The average Bonchev–Trinajstić information content (AvgIpc) is 1.31. The van der Waals surface area contributed by atoms with Gasteiger partial charge in [0.15, 0.2) is 0 Å². The van der Waals surface area contributed by atoms with Crippen LogP contribution in [0.5, 0.6) is 0 Å². The number of hydrogen-bond donors (Lipinski definition) is 0. The fraction of sp³-hybridized carbons (Fsp3) is 1.00. The molecule has 1 saturated heterocycles. The van der Waals surface area contributed by atoms with Gasteiger partial charge in [0.2, 0.25) is 0 Å². The fourth-order valence-electron chi connectivity index (χ4n) is 0.350. The molecule has 0 spiro atoms. The van der Waals surface area contributed by atoms with Crippen molar-refractivity contribution in [2.24, 2.45) is 0 Å². The van der Waals surface area contributed by atoms with Crippen LogP contribution in [0.15, 0.2) is 0 Å². The quantitative estimate of drug-likeness (QED) is 0.485. The van der Waals surface area contributed by atoms with Crippen molar-refractivity contribution in [1.82, 2.24) is 0 Å². The van der Waals surface area contributed by atoms with E-state index >= 15 is 0 Å². The van der Waals surface area contributed by atoms with Crippen LogP contribution in [0.1, 0.15) is 0 Å². The van der Waals surface area contributed by atoms with Crippen LogP contribution in [0.2, 0.25) is 0 Å². The van der Waals surface area contributed by atoms with Crippen LogP contribution in [0, 0.1) is 0 Å². The van der Waals surface area contributed by atoms with Gasteiger partial charge in [-0.25, -0.2) is 0 Å². The molecule has 1 aliphatic heterocycles. The van der Waals surface area contributed by atoms with Crippen LogP contribution < -0.4 is 0 Å². The highest BCUT2D eigenvalue weighted by molar-refractivity contribution is 7.99. The van der Waals surface area contributed by atoms with Gasteiger partial charge in [-0.2, -0.15) is 11.8 Å². The second-order valence-corrected chi connectivity index (χ2v) is 2.53. The molecule has 36 valence electrons. The van der Waals surface area contributed by atoms with E-state index in [0.717, 1.165) is 18.5 Å². The molecular weight excluding hydrogens is 96.1 g/mol. The highest BCUT2D eigenvalue weighted by Gasteiger charge is 2.15. The molecule has 0 radical (unpaired) electrons. The Morgan fingerprint density at radius 3 is 2.33 bits per heavy atom. The summed E-state index contributed by atoms with van der Waals surface area (Å²) in [5.41, 5.74) is 0. The van der Waals surface area contributed by atoms with Crippen LogP contribution in [0.25, 0.3) is 0 Å². The second-order valence-electron chi connectivity index (χ2n) is 1.40. The molecule has 0 amide bonds. The molecular formula is C4H8OS. The second kappa shape index (κ2) is 1.85. The van der Waals surface area contributed by atoms with Crippen molar-refractivity contribution in [3.63, 3.8) is 0 Å². The predicted octanol–water partition coefficient (Wildman–Crippen LogP) is 0.748. The van der Waals surface area contributed by atoms with Gasteiger partial charge in [-0.15, -0.1) is 0 Å². The molecule has 0 saturated carbocycles. The van der Waals surface area contributed by atoms with Crippen LogP contribution in [0.4, 0.5) is 0 Å². The summed E-state index contributed by atoms with van der Waals surface area (Å²) in [6, 6.07) is 0. The van der Waals surface area contributed by atoms with Gasteiger partial charge in [-0.3, -0.25) is 0 Å². The van der Waals surface area contributed by atoms with Crippen LogP contribution in [-0.4, -0.2) is 24.7 Å². The summed E-state index contributed by atoms with van der Waals surface area (Å²) in [6.45, 7) is 1.95. The lowest BCUT2D eigenvalue weighted by atomic mass is 10.4. The van der Waals surface area contributed by atoms with Crippen molar-refractivity contribution in [2.45, 2.75) is 5.25 Å². The maximum absolute atomic E-state index is 4.90. The maximum Gasteiger partial charge on any atom is 0.0607 e. The Labute approximate surface area is 42.1 Å². The smallest absolute Gasteiger partial charge is 0.0607 e. The van der Waals surface area contributed by atoms with Crippen LogP contribution in [-0.2, 0) is 4.74 Å². The Morgan fingerprint density at radius 1 is 1.67 bits per heavy atom. The molecule has 6 heavy (non-hydrogen) atoms. The normalized spacial score (nSPS) is 23.5. The van der Waals surface area contributed by atoms with Gasteiger partial charge >= 0.3 is 0 Å². The van der Waals surface area contributed by atoms with Gasteiger partial charge < -0.3 is 4.74 Å². The first-order valence-electron chi connectivity index (χ1n) is 2.04. The van der Waals surface area contributed by atoms with Crippen molar-refractivity contribution in [3.8, 4) is 0 Å². The van der Waals surface area contributed by atoms with Crippen LogP contribution in [0.3, 0.4) is 0 Å². The summed E-state index contributed by atoms with van der Waals surface area (Å²) >= 11 is 1.89. The lowest BCUT2D eigenvalue weighted by molar-refractivity contribution is 0.0457. The molecule has 1 heterocycles. The molecule has 0 aromatic carbocycles. The highest BCUT2D eigenvalue weighted by Crippen LogP contribution is 2.14. The fourth-order valence-corrected chi connectivity index (χ4v) is 0.815. The minimum absolute atomic E-state index is 0.810. The molecule has 0 atom stereocenters. The molecule has 0 aromatic rings. The zero-order chi connectivity index (χ0) is 4.41. The Hall–Kier alpha value is 0.310. The molecule has 0 aromatic heterocycles. The zero-order valence-electron chi connectivity index (χ0n) is 3.81. The van der Waals surface area contributed by atoms with Gasteiger partial charge in [0, 0.05) is 0 Å². The first kappa shape index (κ1) is 4.47.